The third-order valence-electron chi connectivity index (χ3n) is 6.65. The van der Waals surface area contributed by atoms with Gasteiger partial charge < -0.3 is 21.1 Å². The van der Waals surface area contributed by atoms with Crippen LogP contribution >= 0.6 is 0 Å². The summed E-state index contributed by atoms with van der Waals surface area (Å²) in [6.07, 6.45) is 2.95. The largest absolute Gasteiger partial charge is 0.457 e. The molecule has 0 aliphatic carbocycles. The lowest BCUT2D eigenvalue weighted by Crippen LogP contribution is -2.43. The average Bonchev–Trinajstić information content (AvgIpc) is 3.22. The Bertz CT molecular complexity index is 1730. The van der Waals surface area contributed by atoms with Crippen LogP contribution in [0.4, 0.5) is 5.82 Å². The first kappa shape index (κ1) is 31.0. The molecule has 224 valence electrons. The number of imidazole rings is 1. The molecule has 0 aliphatic heterocycles. The van der Waals surface area contributed by atoms with Crippen molar-refractivity contribution in [3.05, 3.63) is 83.1 Å². The van der Waals surface area contributed by atoms with Crippen molar-refractivity contribution < 1.29 is 9.53 Å². The molecule has 2 aromatic carbocycles. The molecule has 0 bridgehead atoms. The number of carbonyl (C=O) groups excluding carboxylic acids is 1. The van der Waals surface area contributed by atoms with Crippen LogP contribution in [0.2, 0.25) is 0 Å². The molecule has 0 aliphatic rings. The van der Waals surface area contributed by atoms with Gasteiger partial charge in [-0.2, -0.15) is 5.26 Å². The van der Waals surface area contributed by atoms with Crippen LogP contribution in [0.3, 0.4) is 0 Å². The Hall–Kier alpha value is -4.95. The number of carbonyl (C=O) groups is 1. The Morgan fingerprint density at radius 3 is 2.35 bits per heavy atom. The zero-order valence-electron chi connectivity index (χ0n) is 25.4. The van der Waals surface area contributed by atoms with Crippen molar-refractivity contribution in [1.29, 1.82) is 5.26 Å². The highest BCUT2D eigenvalue weighted by Crippen LogP contribution is 2.26. The van der Waals surface area contributed by atoms with E-state index in [1.54, 1.807) is 30.3 Å². The van der Waals surface area contributed by atoms with Gasteiger partial charge in [0, 0.05) is 30.1 Å². The van der Waals surface area contributed by atoms with Crippen LogP contribution in [0, 0.1) is 16.7 Å². The van der Waals surface area contributed by atoms with Crippen LogP contribution < -0.4 is 26.8 Å². The summed E-state index contributed by atoms with van der Waals surface area (Å²) in [5.74, 6) is 0.998. The molecule has 0 spiro atoms. The van der Waals surface area contributed by atoms with Crippen LogP contribution in [-0.2, 0) is 11.3 Å². The van der Waals surface area contributed by atoms with E-state index in [2.05, 4.69) is 20.6 Å². The molecule has 43 heavy (non-hydrogen) atoms. The minimum absolute atomic E-state index is 0.0166. The molecule has 1 amide bonds. The number of nitrogen functional groups attached to an aromatic ring is 1. The van der Waals surface area contributed by atoms with Gasteiger partial charge in [-0.15, -0.1) is 0 Å². The maximum absolute atomic E-state index is 13.9. The van der Waals surface area contributed by atoms with Gasteiger partial charge in [-0.1, -0.05) is 45.9 Å². The fourth-order valence-corrected chi connectivity index (χ4v) is 4.97. The first-order valence-corrected chi connectivity index (χ1v) is 14.0. The third kappa shape index (κ3) is 7.47. The molecule has 11 nitrogen and oxygen atoms in total. The van der Waals surface area contributed by atoms with Crippen molar-refractivity contribution in [2.75, 3.05) is 12.3 Å². The van der Waals surface area contributed by atoms with E-state index in [4.69, 9.17) is 10.5 Å². The highest BCUT2D eigenvalue weighted by atomic mass is 16.5. The minimum Gasteiger partial charge on any atom is -0.457 e. The number of ether oxygens (including phenoxy) is 1. The zero-order valence-corrected chi connectivity index (χ0v) is 25.4. The number of rotatable bonds is 11. The summed E-state index contributed by atoms with van der Waals surface area (Å²) in [7, 11) is 0. The lowest BCUT2D eigenvalue weighted by Gasteiger charge is -2.27. The van der Waals surface area contributed by atoms with Gasteiger partial charge in [0.25, 0.3) is 5.91 Å². The molecule has 4 aromatic rings. The second-order valence-electron chi connectivity index (χ2n) is 12.1. The average molecular weight is 583 g/mol. The van der Waals surface area contributed by atoms with Crippen LogP contribution in [0.5, 0.6) is 11.5 Å². The Morgan fingerprint density at radius 1 is 1.07 bits per heavy atom. The molecule has 0 saturated heterocycles. The van der Waals surface area contributed by atoms with Crippen molar-refractivity contribution in [1.82, 2.24) is 29.7 Å². The number of para-hydroxylation sites is 1. The monoisotopic (exact) mass is 582 g/mol. The molecule has 0 radical (unpaired) electrons. The van der Waals surface area contributed by atoms with E-state index < -0.39 is 16.9 Å². The lowest BCUT2D eigenvalue weighted by molar-refractivity contribution is -0.117. The van der Waals surface area contributed by atoms with Crippen molar-refractivity contribution in [2.45, 2.75) is 59.7 Å². The van der Waals surface area contributed by atoms with E-state index in [9.17, 15) is 14.9 Å². The number of hydrogen-bond donors (Lipinski definition) is 3. The molecule has 2 aromatic heterocycles. The Kier molecular flexibility index (Phi) is 9.01. The van der Waals surface area contributed by atoms with Gasteiger partial charge in [0.15, 0.2) is 11.5 Å². The van der Waals surface area contributed by atoms with E-state index in [1.165, 1.54) is 15.5 Å². The highest BCUT2D eigenvalue weighted by molar-refractivity contribution is 5.97. The first-order valence-electron chi connectivity index (χ1n) is 14.0. The van der Waals surface area contributed by atoms with E-state index in [-0.39, 0.29) is 36.2 Å². The molecule has 4 N–H and O–H groups in total. The maximum atomic E-state index is 13.9. The molecule has 2 heterocycles. The van der Waals surface area contributed by atoms with Crippen molar-refractivity contribution in [3.8, 4) is 23.3 Å². The Balaban J connectivity index is 1.59. The number of nitrogens with zero attached hydrogens (tertiary/aromatic N) is 5. The Morgan fingerprint density at radius 2 is 1.72 bits per heavy atom. The van der Waals surface area contributed by atoms with Gasteiger partial charge in [-0.3, -0.25) is 13.9 Å². The number of anilines is 1. The first-order chi connectivity index (χ1) is 20.3. The van der Waals surface area contributed by atoms with Gasteiger partial charge >= 0.3 is 5.69 Å². The van der Waals surface area contributed by atoms with Gasteiger partial charge in [0.05, 0.1) is 5.69 Å². The van der Waals surface area contributed by atoms with Crippen LogP contribution in [0.25, 0.3) is 16.9 Å². The maximum Gasteiger partial charge on any atom is 0.335 e. The molecular formula is C32H38N8O3. The fraction of sp³-hybridized carbons (Fsp3) is 0.344. The summed E-state index contributed by atoms with van der Waals surface area (Å²) < 4.78 is 8.90. The smallest absolute Gasteiger partial charge is 0.335 e. The number of nitrogens with two attached hydrogens (primary N) is 1. The predicted octanol–water partition coefficient (Wildman–Crippen LogP) is 4.33. The van der Waals surface area contributed by atoms with Gasteiger partial charge in [-0.05, 0) is 56.3 Å². The lowest BCUT2D eigenvalue weighted by atomic mass is 9.93. The van der Waals surface area contributed by atoms with Crippen molar-refractivity contribution >= 4 is 22.9 Å². The van der Waals surface area contributed by atoms with Crippen molar-refractivity contribution in [2.24, 2.45) is 5.41 Å². The summed E-state index contributed by atoms with van der Waals surface area (Å²) in [5, 5.41) is 15.8. The third-order valence-corrected chi connectivity index (χ3v) is 6.65. The Labute approximate surface area is 251 Å². The number of benzene rings is 2. The number of nitriles is 1. The van der Waals surface area contributed by atoms with E-state index >= 15 is 0 Å². The second kappa shape index (κ2) is 12.5. The zero-order chi connectivity index (χ0) is 31.4. The topological polar surface area (TPSA) is 153 Å². The van der Waals surface area contributed by atoms with Gasteiger partial charge in [0.1, 0.15) is 35.0 Å². The van der Waals surface area contributed by atoms with Gasteiger partial charge in [0.2, 0.25) is 0 Å². The molecule has 0 atom stereocenters. The SMILES string of the molecule is CC(C)NC(C)(C)/C=C(\C#N)C(=O)NCC(C)(C)Cn1c(=O)n(-c2ccc(Oc3ccccc3)cc2)c2c(N)ncnc21. The van der Waals surface area contributed by atoms with Crippen LogP contribution in [0.1, 0.15) is 41.5 Å². The molecule has 0 unspecified atom stereocenters. The molecule has 11 heteroatoms. The standard InChI is InChI=1S/C32H38N8O3/c1-21(2)38-32(5,6)16-22(17-33)29(41)35-18-31(3,4)19-39-28-26(27(34)36-20-37-28)40(30(39)42)23-12-14-25(15-13-23)43-24-10-8-7-9-11-24/h7-16,20-21,38H,18-19H2,1-6H3,(H,35,41)(H2,34,36,37)/b22-16+. The van der Waals surface area contributed by atoms with E-state index in [0.717, 1.165) is 0 Å². The van der Waals surface area contributed by atoms with Gasteiger partial charge in [-0.25, -0.2) is 14.8 Å². The van der Waals surface area contributed by atoms with E-state index in [1.807, 2.05) is 77.9 Å². The molecule has 0 fully saturated rings. The summed E-state index contributed by atoms with van der Waals surface area (Å²) >= 11 is 0. The second-order valence-corrected chi connectivity index (χ2v) is 12.1. The van der Waals surface area contributed by atoms with Crippen molar-refractivity contribution in [3.63, 3.8) is 0 Å². The minimum atomic E-state index is -0.599. The van der Waals surface area contributed by atoms with E-state index in [0.29, 0.717) is 28.4 Å². The molecular weight excluding hydrogens is 544 g/mol. The highest BCUT2D eigenvalue weighted by Gasteiger charge is 2.27. The summed E-state index contributed by atoms with van der Waals surface area (Å²) in [6, 6.07) is 18.7. The van der Waals surface area contributed by atoms with Crippen LogP contribution in [0.15, 0.2) is 77.4 Å². The summed E-state index contributed by atoms with van der Waals surface area (Å²) in [4.78, 5) is 35.3. The summed E-state index contributed by atoms with van der Waals surface area (Å²) in [6.45, 7) is 12.1. The number of aromatic nitrogens is 4. The van der Waals surface area contributed by atoms with Crippen LogP contribution in [-0.4, -0.2) is 43.1 Å². The quantitative estimate of drug-likeness (QED) is 0.175. The summed E-state index contributed by atoms with van der Waals surface area (Å²) in [5.41, 5.74) is 6.11. The molecule has 0 saturated carbocycles. The number of nitrogens with one attached hydrogen (secondary N) is 2. The predicted molar refractivity (Wildman–Crippen MR) is 167 cm³/mol. The number of fused-ring (bicyclic) bond motifs is 1. The normalized spacial score (nSPS) is 12.4. The molecule has 4 rings (SSSR count). The number of amides is 1. The number of hydrogen-bond acceptors (Lipinski definition) is 8. The fourth-order valence-electron chi connectivity index (χ4n) is 4.97.